The van der Waals surface area contributed by atoms with Crippen LogP contribution in [0.2, 0.25) is 0 Å². The third kappa shape index (κ3) is 2.54. The lowest BCUT2D eigenvalue weighted by atomic mass is 9.86. The summed E-state index contributed by atoms with van der Waals surface area (Å²) in [5, 5.41) is 12.5. The highest BCUT2D eigenvalue weighted by Crippen LogP contribution is 2.29. The van der Waals surface area contributed by atoms with Gasteiger partial charge in [0, 0.05) is 6.04 Å². The maximum absolute atomic E-state index is 9.17. The Bertz CT molecular complexity index is 340. The standard InChI is InChI=1S/C13H19NO2/c1-16-13-4-2-3-10(8-13)11-5-6-14-12(7-11)9-15/h2-4,8,11-12,14-15H,5-7,9H2,1H3. The van der Waals surface area contributed by atoms with Gasteiger partial charge < -0.3 is 15.2 Å². The molecule has 3 heteroatoms. The summed E-state index contributed by atoms with van der Waals surface area (Å²) in [6, 6.07) is 8.49. The van der Waals surface area contributed by atoms with Gasteiger partial charge in [0.15, 0.2) is 0 Å². The van der Waals surface area contributed by atoms with Crippen LogP contribution in [0.25, 0.3) is 0 Å². The van der Waals surface area contributed by atoms with Gasteiger partial charge in [0.1, 0.15) is 5.75 Å². The molecule has 2 atom stereocenters. The summed E-state index contributed by atoms with van der Waals surface area (Å²) in [7, 11) is 1.69. The van der Waals surface area contributed by atoms with E-state index in [-0.39, 0.29) is 12.6 Å². The molecule has 2 N–H and O–H groups in total. The number of aliphatic hydroxyl groups is 1. The topological polar surface area (TPSA) is 41.5 Å². The van der Waals surface area contributed by atoms with E-state index in [0.717, 1.165) is 25.1 Å². The second-order valence-corrected chi connectivity index (χ2v) is 4.33. The highest BCUT2D eigenvalue weighted by Gasteiger charge is 2.22. The van der Waals surface area contributed by atoms with E-state index in [2.05, 4.69) is 17.4 Å². The Morgan fingerprint density at radius 2 is 2.38 bits per heavy atom. The van der Waals surface area contributed by atoms with Crippen LogP contribution < -0.4 is 10.1 Å². The molecule has 0 radical (unpaired) electrons. The van der Waals surface area contributed by atoms with Gasteiger partial charge in [-0.1, -0.05) is 12.1 Å². The van der Waals surface area contributed by atoms with Crippen LogP contribution in [0.3, 0.4) is 0 Å². The van der Waals surface area contributed by atoms with Gasteiger partial charge in [0.25, 0.3) is 0 Å². The van der Waals surface area contributed by atoms with Crippen LogP contribution in [0.5, 0.6) is 5.75 Å². The van der Waals surface area contributed by atoms with E-state index in [1.54, 1.807) is 7.11 Å². The minimum Gasteiger partial charge on any atom is -0.497 e. The molecule has 3 nitrogen and oxygen atoms in total. The largest absolute Gasteiger partial charge is 0.497 e. The summed E-state index contributed by atoms with van der Waals surface area (Å²) < 4.78 is 5.23. The van der Waals surface area contributed by atoms with Crippen molar-refractivity contribution in [2.75, 3.05) is 20.3 Å². The molecule has 1 aliphatic heterocycles. The Labute approximate surface area is 96.4 Å². The summed E-state index contributed by atoms with van der Waals surface area (Å²) in [5.41, 5.74) is 1.32. The smallest absolute Gasteiger partial charge is 0.119 e. The van der Waals surface area contributed by atoms with Gasteiger partial charge in [-0.05, 0) is 43.0 Å². The molecule has 0 aromatic heterocycles. The second kappa shape index (κ2) is 5.32. The van der Waals surface area contributed by atoms with Crippen molar-refractivity contribution in [2.24, 2.45) is 0 Å². The highest BCUT2D eigenvalue weighted by molar-refractivity contribution is 5.31. The molecule has 0 aliphatic carbocycles. The van der Waals surface area contributed by atoms with E-state index >= 15 is 0 Å². The number of aliphatic hydroxyl groups excluding tert-OH is 1. The molecule has 2 rings (SSSR count). The van der Waals surface area contributed by atoms with Crippen LogP contribution in [-0.2, 0) is 0 Å². The van der Waals surface area contributed by atoms with Crippen LogP contribution in [0.4, 0.5) is 0 Å². The van der Waals surface area contributed by atoms with Crippen molar-refractivity contribution < 1.29 is 9.84 Å². The van der Waals surface area contributed by atoms with Gasteiger partial charge in [-0.3, -0.25) is 0 Å². The molecule has 0 saturated carbocycles. The van der Waals surface area contributed by atoms with Crippen LogP contribution in [-0.4, -0.2) is 31.4 Å². The molecule has 1 aromatic rings. The third-order valence-electron chi connectivity index (χ3n) is 3.28. The molecular formula is C13H19NO2. The summed E-state index contributed by atoms with van der Waals surface area (Å²) in [6.45, 7) is 1.20. The monoisotopic (exact) mass is 221 g/mol. The molecule has 0 spiro atoms. The molecule has 1 aliphatic rings. The first kappa shape index (κ1) is 11.4. The van der Waals surface area contributed by atoms with Crippen LogP contribution in [0.15, 0.2) is 24.3 Å². The molecule has 16 heavy (non-hydrogen) atoms. The molecule has 1 aromatic carbocycles. The number of piperidine rings is 1. The van der Waals surface area contributed by atoms with Gasteiger partial charge in [-0.15, -0.1) is 0 Å². The van der Waals surface area contributed by atoms with Gasteiger partial charge in [-0.2, -0.15) is 0 Å². The van der Waals surface area contributed by atoms with Crippen molar-refractivity contribution in [2.45, 2.75) is 24.8 Å². The maximum Gasteiger partial charge on any atom is 0.119 e. The van der Waals surface area contributed by atoms with Crippen LogP contribution in [0.1, 0.15) is 24.3 Å². The van der Waals surface area contributed by atoms with E-state index < -0.39 is 0 Å². The first-order chi connectivity index (χ1) is 7.83. The fourth-order valence-electron chi connectivity index (χ4n) is 2.34. The van der Waals surface area contributed by atoms with Crippen LogP contribution >= 0.6 is 0 Å². The molecule has 2 unspecified atom stereocenters. The maximum atomic E-state index is 9.17. The van der Waals surface area contributed by atoms with Crippen molar-refractivity contribution in [1.82, 2.24) is 5.32 Å². The van der Waals surface area contributed by atoms with E-state index in [1.807, 2.05) is 12.1 Å². The number of rotatable bonds is 3. The lowest BCUT2D eigenvalue weighted by Crippen LogP contribution is -2.39. The molecular weight excluding hydrogens is 202 g/mol. The zero-order chi connectivity index (χ0) is 11.4. The van der Waals surface area contributed by atoms with E-state index in [0.29, 0.717) is 5.92 Å². The summed E-state index contributed by atoms with van der Waals surface area (Å²) in [6.07, 6.45) is 2.13. The highest BCUT2D eigenvalue weighted by atomic mass is 16.5. The summed E-state index contributed by atoms with van der Waals surface area (Å²) in [4.78, 5) is 0. The Hall–Kier alpha value is -1.06. The molecule has 1 saturated heterocycles. The first-order valence-corrected chi connectivity index (χ1v) is 5.81. The Morgan fingerprint density at radius 1 is 1.50 bits per heavy atom. The Kier molecular flexibility index (Phi) is 3.80. The fraction of sp³-hybridized carbons (Fsp3) is 0.538. The minimum absolute atomic E-state index is 0.223. The average molecular weight is 221 g/mol. The van der Waals surface area contributed by atoms with Crippen LogP contribution in [0, 0.1) is 0 Å². The lowest BCUT2D eigenvalue weighted by Gasteiger charge is -2.29. The summed E-state index contributed by atoms with van der Waals surface area (Å²) >= 11 is 0. The average Bonchev–Trinajstić information content (AvgIpc) is 2.39. The lowest BCUT2D eigenvalue weighted by molar-refractivity contribution is 0.210. The normalized spacial score (nSPS) is 25.4. The third-order valence-corrected chi connectivity index (χ3v) is 3.28. The van der Waals surface area contributed by atoms with Crippen molar-refractivity contribution in [3.05, 3.63) is 29.8 Å². The molecule has 88 valence electrons. The predicted molar refractivity (Wildman–Crippen MR) is 63.8 cm³/mol. The van der Waals surface area contributed by atoms with Crippen molar-refractivity contribution in [3.63, 3.8) is 0 Å². The number of nitrogens with one attached hydrogen (secondary N) is 1. The van der Waals surface area contributed by atoms with E-state index in [4.69, 9.17) is 9.84 Å². The zero-order valence-corrected chi connectivity index (χ0v) is 9.65. The molecule has 1 heterocycles. The number of benzene rings is 1. The fourth-order valence-corrected chi connectivity index (χ4v) is 2.34. The number of ether oxygens (including phenoxy) is 1. The van der Waals surface area contributed by atoms with Crippen molar-refractivity contribution in [3.8, 4) is 5.75 Å². The van der Waals surface area contributed by atoms with Gasteiger partial charge >= 0.3 is 0 Å². The van der Waals surface area contributed by atoms with Crippen molar-refractivity contribution in [1.29, 1.82) is 0 Å². The van der Waals surface area contributed by atoms with E-state index in [9.17, 15) is 0 Å². The zero-order valence-electron chi connectivity index (χ0n) is 9.65. The number of hydrogen-bond donors (Lipinski definition) is 2. The molecule has 0 amide bonds. The van der Waals surface area contributed by atoms with E-state index in [1.165, 1.54) is 5.56 Å². The minimum atomic E-state index is 0.223. The van der Waals surface area contributed by atoms with Gasteiger partial charge in [-0.25, -0.2) is 0 Å². The predicted octanol–water partition coefficient (Wildman–Crippen LogP) is 1.52. The van der Waals surface area contributed by atoms with Crippen molar-refractivity contribution >= 4 is 0 Å². The summed E-state index contributed by atoms with van der Waals surface area (Å²) in [5.74, 6) is 1.45. The second-order valence-electron chi connectivity index (χ2n) is 4.33. The quantitative estimate of drug-likeness (QED) is 0.813. The van der Waals surface area contributed by atoms with Gasteiger partial charge in [0.05, 0.1) is 13.7 Å². The molecule has 0 bridgehead atoms. The Balaban J connectivity index is 2.10. The first-order valence-electron chi connectivity index (χ1n) is 5.81. The number of hydrogen-bond acceptors (Lipinski definition) is 3. The van der Waals surface area contributed by atoms with Gasteiger partial charge in [0.2, 0.25) is 0 Å². The molecule has 1 fully saturated rings. The Morgan fingerprint density at radius 3 is 3.12 bits per heavy atom. The SMILES string of the molecule is COc1cccc(C2CCNC(CO)C2)c1. The number of methoxy groups -OCH3 is 1.